The van der Waals surface area contributed by atoms with Gasteiger partial charge in [-0.25, -0.2) is 19.6 Å². The molecule has 0 aliphatic carbocycles. The summed E-state index contributed by atoms with van der Waals surface area (Å²) in [5.74, 6) is 0.115. The third-order valence-corrected chi connectivity index (χ3v) is 5.30. The number of nitrogens with one attached hydrogen (secondary N) is 1. The predicted molar refractivity (Wildman–Crippen MR) is 126 cm³/mol. The Bertz CT molecular complexity index is 1590. The Kier molecular flexibility index (Phi) is 5.84. The molecule has 0 unspecified atom stereocenters. The molecule has 0 fully saturated rings. The number of alkyl halides is 3. The van der Waals surface area contributed by atoms with E-state index in [0.717, 1.165) is 0 Å². The van der Waals surface area contributed by atoms with E-state index in [1.54, 1.807) is 43.8 Å². The molecule has 182 valence electrons. The van der Waals surface area contributed by atoms with Crippen LogP contribution in [0, 0.1) is 0 Å². The van der Waals surface area contributed by atoms with Gasteiger partial charge in [-0.1, -0.05) is 0 Å². The fraction of sp³-hybridized carbons (Fsp3) is 0.125. The monoisotopic (exact) mass is 493 g/mol. The van der Waals surface area contributed by atoms with Crippen molar-refractivity contribution in [3.05, 3.63) is 89.2 Å². The molecule has 0 aliphatic rings. The highest BCUT2D eigenvalue weighted by molar-refractivity contribution is 5.91. The van der Waals surface area contributed by atoms with Crippen LogP contribution in [0.1, 0.15) is 5.69 Å². The van der Waals surface area contributed by atoms with E-state index in [9.17, 15) is 18.0 Å². The van der Waals surface area contributed by atoms with E-state index in [1.807, 2.05) is 6.07 Å². The van der Waals surface area contributed by atoms with E-state index >= 15 is 0 Å². The van der Waals surface area contributed by atoms with Gasteiger partial charge < -0.3 is 14.6 Å². The molecule has 0 spiro atoms. The summed E-state index contributed by atoms with van der Waals surface area (Å²) in [5.41, 5.74) is 2.47. The van der Waals surface area contributed by atoms with Crippen molar-refractivity contribution in [2.75, 3.05) is 12.4 Å². The predicted octanol–water partition coefficient (Wildman–Crippen LogP) is 4.03. The zero-order chi connectivity index (χ0) is 25.3. The molecule has 1 N–H and O–H groups in total. The summed E-state index contributed by atoms with van der Waals surface area (Å²) in [6.07, 6.45) is 0.0759. The lowest BCUT2D eigenvalue weighted by Gasteiger charge is -2.09. The Balaban J connectivity index is 1.50. The first kappa shape index (κ1) is 23.0. The standard InChI is InChI=1S/C24H18F3N7O2/c1-28-23-30-11-8-16(31-23)14-33-12-9-15(13-20(33)35)21-19-3-2-10-29-22(19)34(32-21)17-4-6-18(7-5-17)36-24(25,26)27/h2-13H,14H2,1H3,(H,28,30,31). The zero-order valence-electron chi connectivity index (χ0n) is 18.8. The van der Waals surface area contributed by atoms with Gasteiger partial charge in [0.25, 0.3) is 5.56 Å². The lowest BCUT2D eigenvalue weighted by Crippen LogP contribution is -2.20. The quantitative estimate of drug-likeness (QED) is 0.381. The van der Waals surface area contributed by atoms with Crippen LogP contribution in [0.15, 0.2) is 78.0 Å². The van der Waals surface area contributed by atoms with Crippen LogP contribution in [-0.4, -0.2) is 42.7 Å². The summed E-state index contributed by atoms with van der Waals surface area (Å²) < 4.78 is 44.5. The van der Waals surface area contributed by atoms with E-state index in [-0.39, 0.29) is 17.9 Å². The summed E-state index contributed by atoms with van der Waals surface area (Å²) in [4.78, 5) is 25.7. The van der Waals surface area contributed by atoms with E-state index in [2.05, 4.69) is 30.1 Å². The minimum absolute atomic E-state index is 0.252. The van der Waals surface area contributed by atoms with Crippen molar-refractivity contribution in [1.82, 2.24) is 29.3 Å². The molecule has 0 saturated heterocycles. The first-order valence-corrected chi connectivity index (χ1v) is 10.7. The second-order valence-corrected chi connectivity index (χ2v) is 7.68. The van der Waals surface area contributed by atoms with Gasteiger partial charge in [0, 0.05) is 42.7 Å². The van der Waals surface area contributed by atoms with Crippen LogP contribution in [0.4, 0.5) is 19.1 Å². The van der Waals surface area contributed by atoms with Crippen LogP contribution in [0.3, 0.4) is 0 Å². The summed E-state index contributed by atoms with van der Waals surface area (Å²) in [6.45, 7) is 0.263. The van der Waals surface area contributed by atoms with Crippen LogP contribution >= 0.6 is 0 Å². The number of rotatable bonds is 6. The first-order valence-electron chi connectivity index (χ1n) is 10.7. The average Bonchev–Trinajstić information content (AvgIpc) is 3.25. The summed E-state index contributed by atoms with van der Waals surface area (Å²) in [5, 5.41) is 8.17. The van der Waals surface area contributed by atoms with Gasteiger partial charge in [-0.05, 0) is 48.5 Å². The lowest BCUT2D eigenvalue weighted by molar-refractivity contribution is -0.274. The maximum Gasteiger partial charge on any atom is 0.573 e. The number of pyridine rings is 2. The molecule has 0 radical (unpaired) electrons. The van der Waals surface area contributed by atoms with E-state index in [0.29, 0.717) is 39.6 Å². The van der Waals surface area contributed by atoms with Crippen molar-refractivity contribution in [3.8, 4) is 22.7 Å². The second-order valence-electron chi connectivity index (χ2n) is 7.68. The van der Waals surface area contributed by atoms with Gasteiger partial charge in [0.2, 0.25) is 5.95 Å². The normalized spacial score (nSPS) is 11.6. The van der Waals surface area contributed by atoms with Crippen molar-refractivity contribution in [1.29, 1.82) is 0 Å². The summed E-state index contributed by atoms with van der Waals surface area (Å²) in [7, 11) is 1.71. The molecular formula is C24H18F3N7O2. The summed E-state index contributed by atoms with van der Waals surface area (Å²) in [6, 6.07) is 13.8. The molecule has 5 aromatic rings. The number of aromatic nitrogens is 6. The number of hydrogen-bond acceptors (Lipinski definition) is 7. The minimum atomic E-state index is -4.78. The van der Waals surface area contributed by atoms with E-state index in [1.165, 1.54) is 39.6 Å². The van der Waals surface area contributed by atoms with Crippen LogP contribution < -0.4 is 15.6 Å². The van der Waals surface area contributed by atoms with Gasteiger partial charge >= 0.3 is 6.36 Å². The largest absolute Gasteiger partial charge is 0.573 e. The topological polar surface area (TPSA) is 99.8 Å². The molecule has 0 saturated carbocycles. The Hall–Kier alpha value is -4.74. The van der Waals surface area contributed by atoms with Crippen molar-refractivity contribution in [2.45, 2.75) is 12.9 Å². The highest BCUT2D eigenvalue weighted by atomic mass is 19.4. The van der Waals surface area contributed by atoms with Crippen LogP contribution in [0.2, 0.25) is 0 Å². The van der Waals surface area contributed by atoms with Crippen LogP contribution in [0.5, 0.6) is 5.75 Å². The molecule has 4 aromatic heterocycles. The molecule has 0 bridgehead atoms. The maximum absolute atomic E-state index is 12.9. The van der Waals surface area contributed by atoms with Gasteiger partial charge in [-0.3, -0.25) is 4.79 Å². The highest BCUT2D eigenvalue weighted by Crippen LogP contribution is 2.29. The fourth-order valence-electron chi connectivity index (χ4n) is 3.70. The molecule has 0 amide bonds. The Labute approximate surface area is 201 Å². The van der Waals surface area contributed by atoms with Gasteiger partial charge in [0.05, 0.1) is 17.9 Å². The second kappa shape index (κ2) is 9.13. The molecule has 0 aliphatic heterocycles. The molecule has 1 aromatic carbocycles. The number of hydrogen-bond donors (Lipinski definition) is 1. The molecule has 0 atom stereocenters. The van der Waals surface area contributed by atoms with Crippen molar-refractivity contribution in [2.24, 2.45) is 0 Å². The number of fused-ring (bicyclic) bond motifs is 1. The molecular weight excluding hydrogens is 475 g/mol. The van der Waals surface area contributed by atoms with Crippen molar-refractivity contribution >= 4 is 17.0 Å². The fourth-order valence-corrected chi connectivity index (χ4v) is 3.70. The van der Waals surface area contributed by atoms with Gasteiger partial charge in [-0.2, -0.15) is 5.10 Å². The Morgan fingerprint density at radius 3 is 2.56 bits per heavy atom. The Morgan fingerprint density at radius 2 is 1.83 bits per heavy atom. The van der Waals surface area contributed by atoms with Crippen molar-refractivity contribution < 1.29 is 17.9 Å². The summed E-state index contributed by atoms with van der Waals surface area (Å²) >= 11 is 0. The van der Waals surface area contributed by atoms with Crippen molar-refractivity contribution in [3.63, 3.8) is 0 Å². The van der Waals surface area contributed by atoms with Gasteiger partial charge in [-0.15, -0.1) is 13.2 Å². The molecule has 9 nitrogen and oxygen atoms in total. The first-order chi connectivity index (χ1) is 17.3. The number of ether oxygens (including phenoxy) is 1. The molecule has 4 heterocycles. The number of anilines is 1. The minimum Gasteiger partial charge on any atom is -0.406 e. The lowest BCUT2D eigenvalue weighted by atomic mass is 10.1. The molecule has 5 rings (SSSR count). The van der Waals surface area contributed by atoms with Crippen LogP contribution in [-0.2, 0) is 6.54 Å². The third kappa shape index (κ3) is 4.73. The molecule has 12 heteroatoms. The zero-order valence-corrected chi connectivity index (χ0v) is 18.8. The number of benzene rings is 1. The number of nitrogens with zero attached hydrogens (tertiary/aromatic N) is 6. The van der Waals surface area contributed by atoms with Crippen LogP contribution in [0.25, 0.3) is 28.0 Å². The average molecular weight is 493 g/mol. The van der Waals surface area contributed by atoms with Gasteiger partial charge in [0.15, 0.2) is 5.65 Å². The molecule has 36 heavy (non-hydrogen) atoms. The smallest absolute Gasteiger partial charge is 0.406 e. The van der Waals surface area contributed by atoms with E-state index in [4.69, 9.17) is 0 Å². The maximum atomic E-state index is 12.9. The van der Waals surface area contributed by atoms with Gasteiger partial charge in [0.1, 0.15) is 11.4 Å². The van der Waals surface area contributed by atoms with E-state index < -0.39 is 6.36 Å². The highest BCUT2D eigenvalue weighted by Gasteiger charge is 2.31. The Morgan fingerprint density at radius 1 is 1.03 bits per heavy atom. The number of halogens is 3. The third-order valence-electron chi connectivity index (χ3n) is 5.30. The SMILES string of the molecule is CNc1nccc(Cn2ccc(-c3nn(-c4ccc(OC(F)(F)F)cc4)c4ncccc34)cc2=O)n1.